The Morgan fingerprint density at radius 2 is 2.31 bits per heavy atom. The average molecular weight is 177 g/mol. The van der Waals surface area contributed by atoms with Crippen molar-refractivity contribution in [3.8, 4) is 0 Å². The van der Waals surface area contributed by atoms with Crippen LogP contribution in [0.1, 0.15) is 37.7 Å². The minimum Gasteiger partial charge on any atom is -0.319 e. The van der Waals surface area contributed by atoms with Crippen LogP contribution >= 0.6 is 0 Å². The van der Waals surface area contributed by atoms with Crippen LogP contribution in [0.15, 0.2) is 12.3 Å². The van der Waals surface area contributed by atoms with Gasteiger partial charge < -0.3 is 5.73 Å². The molecule has 2 N–H and O–H groups in total. The van der Waals surface area contributed by atoms with Crippen molar-refractivity contribution in [3.63, 3.8) is 0 Å². The highest BCUT2D eigenvalue weighted by molar-refractivity contribution is 5.16. The van der Waals surface area contributed by atoms with Crippen LogP contribution in [0.3, 0.4) is 0 Å². The third-order valence-electron chi connectivity index (χ3n) is 2.45. The van der Waals surface area contributed by atoms with Gasteiger partial charge in [0.15, 0.2) is 0 Å². The highest BCUT2D eigenvalue weighted by Gasteiger charge is 2.42. The molecular weight excluding hydrogens is 162 g/mol. The van der Waals surface area contributed by atoms with E-state index in [0.717, 1.165) is 37.2 Å². The van der Waals surface area contributed by atoms with Gasteiger partial charge in [0.25, 0.3) is 0 Å². The zero-order valence-electron chi connectivity index (χ0n) is 7.95. The van der Waals surface area contributed by atoms with E-state index in [1.54, 1.807) is 0 Å². The second-order valence-electron chi connectivity index (χ2n) is 3.78. The second-order valence-corrected chi connectivity index (χ2v) is 3.78. The minimum absolute atomic E-state index is 0.191. The molecule has 0 aromatic carbocycles. The highest BCUT2D eigenvalue weighted by Crippen LogP contribution is 2.40. The van der Waals surface area contributed by atoms with Crippen molar-refractivity contribution in [3.05, 3.63) is 23.8 Å². The molecule has 1 aliphatic rings. The summed E-state index contributed by atoms with van der Waals surface area (Å²) in [5.41, 5.74) is 6.93. The van der Waals surface area contributed by atoms with Gasteiger partial charge in [-0.3, -0.25) is 0 Å². The Morgan fingerprint density at radius 3 is 2.92 bits per heavy atom. The maximum Gasteiger partial charge on any atom is 0.148 e. The normalized spacial score (nSPS) is 18.6. The fourth-order valence-electron chi connectivity index (χ4n) is 1.39. The third-order valence-corrected chi connectivity index (χ3v) is 2.45. The first-order valence-corrected chi connectivity index (χ1v) is 4.86. The smallest absolute Gasteiger partial charge is 0.148 e. The Bertz CT molecular complexity index is 305. The number of aryl methyl sites for hydroxylation is 1. The maximum atomic E-state index is 6.01. The molecule has 1 aliphatic carbocycles. The van der Waals surface area contributed by atoms with Gasteiger partial charge in [0, 0.05) is 11.9 Å². The minimum atomic E-state index is -0.191. The van der Waals surface area contributed by atoms with E-state index in [9.17, 15) is 0 Å². The maximum absolute atomic E-state index is 6.01. The fourth-order valence-corrected chi connectivity index (χ4v) is 1.39. The number of aromatic nitrogens is 2. The Balaban J connectivity index is 2.22. The van der Waals surface area contributed by atoms with Gasteiger partial charge in [-0.1, -0.05) is 13.3 Å². The second kappa shape index (κ2) is 3.07. The van der Waals surface area contributed by atoms with Gasteiger partial charge in [-0.15, -0.1) is 0 Å². The first kappa shape index (κ1) is 8.63. The molecule has 1 aromatic heterocycles. The van der Waals surface area contributed by atoms with E-state index in [4.69, 9.17) is 5.73 Å². The van der Waals surface area contributed by atoms with E-state index < -0.39 is 0 Å². The summed E-state index contributed by atoms with van der Waals surface area (Å²) in [5, 5.41) is 0. The van der Waals surface area contributed by atoms with Crippen LogP contribution in [0.25, 0.3) is 0 Å². The number of rotatable bonds is 3. The largest absolute Gasteiger partial charge is 0.319 e. The predicted molar refractivity (Wildman–Crippen MR) is 51.1 cm³/mol. The molecule has 2 rings (SSSR count). The van der Waals surface area contributed by atoms with E-state index in [0.29, 0.717) is 0 Å². The van der Waals surface area contributed by atoms with Crippen LogP contribution in [0, 0.1) is 0 Å². The van der Waals surface area contributed by atoms with Crippen LogP contribution in [0.4, 0.5) is 0 Å². The SMILES string of the molecule is CCCc1ccnc(C2(N)CC2)n1. The quantitative estimate of drug-likeness (QED) is 0.758. The molecule has 0 aliphatic heterocycles. The molecule has 0 bridgehead atoms. The Morgan fingerprint density at radius 1 is 1.54 bits per heavy atom. The summed E-state index contributed by atoms with van der Waals surface area (Å²) in [5.74, 6) is 0.832. The molecule has 1 heterocycles. The zero-order chi connectivity index (χ0) is 9.31. The lowest BCUT2D eigenvalue weighted by molar-refractivity contribution is 0.660. The highest BCUT2D eigenvalue weighted by atomic mass is 15.0. The van der Waals surface area contributed by atoms with Crippen molar-refractivity contribution in [1.29, 1.82) is 0 Å². The molecule has 1 saturated carbocycles. The predicted octanol–water partition coefficient (Wildman–Crippen LogP) is 1.38. The molecule has 0 unspecified atom stereocenters. The van der Waals surface area contributed by atoms with Gasteiger partial charge in [-0.05, 0) is 25.3 Å². The number of nitrogens with zero attached hydrogens (tertiary/aromatic N) is 2. The van der Waals surface area contributed by atoms with Gasteiger partial charge in [0.05, 0.1) is 5.54 Å². The molecule has 0 saturated heterocycles. The lowest BCUT2D eigenvalue weighted by Gasteiger charge is -2.07. The summed E-state index contributed by atoms with van der Waals surface area (Å²) in [6, 6.07) is 1.97. The average Bonchev–Trinajstić information content (AvgIpc) is 2.86. The molecular formula is C10H15N3. The van der Waals surface area contributed by atoms with Crippen LogP contribution in [-0.2, 0) is 12.0 Å². The number of nitrogens with two attached hydrogens (primary N) is 1. The summed E-state index contributed by atoms with van der Waals surface area (Å²) in [6.07, 6.45) is 6.02. The van der Waals surface area contributed by atoms with Crippen molar-refractivity contribution >= 4 is 0 Å². The van der Waals surface area contributed by atoms with Gasteiger partial charge in [0.2, 0.25) is 0 Å². The Hall–Kier alpha value is -0.960. The first-order chi connectivity index (χ1) is 6.24. The monoisotopic (exact) mass is 177 g/mol. The zero-order valence-corrected chi connectivity index (χ0v) is 7.95. The molecule has 0 radical (unpaired) electrons. The van der Waals surface area contributed by atoms with Crippen molar-refractivity contribution in [2.24, 2.45) is 5.73 Å². The van der Waals surface area contributed by atoms with Crippen LogP contribution in [0.5, 0.6) is 0 Å². The lowest BCUT2D eigenvalue weighted by Crippen LogP contribution is -2.22. The van der Waals surface area contributed by atoms with Gasteiger partial charge >= 0.3 is 0 Å². The van der Waals surface area contributed by atoms with Crippen LogP contribution < -0.4 is 5.73 Å². The van der Waals surface area contributed by atoms with Crippen molar-refractivity contribution in [1.82, 2.24) is 9.97 Å². The van der Waals surface area contributed by atoms with Crippen molar-refractivity contribution in [2.75, 3.05) is 0 Å². The summed E-state index contributed by atoms with van der Waals surface area (Å²) < 4.78 is 0. The van der Waals surface area contributed by atoms with Crippen LogP contribution in [-0.4, -0.2) is 9.97 Å². The molecule has 13 heavy (non-hydrogen) atoms. The molecule has 0 amide bonds. The molecule has 0 atom stereocenters. The molecule has 1 fully saturated rings. The van der Waals surface area contributed by atoms with E-state index in [1.165, 1.54) is 0 Å². The lowest BCUT2D eigenvalue weighted by atomic mass is 10.2. The van der Waals surface area contributed by atoms with E-state index in [1.807, 2.05) is 12.3 Å². The standard InChI is InChI=1S/C10H15N3/c1-2-3-8-4-7-12-9(13-8)10(11)5-6-10/h4,7H,2-3,5-6,11H2,1H3. The Labute approximate surface area is 78.4 Å². The summed E-state index contributed by atoms with van der Waals surface area (Å²) in [7, 11) is 0. The topological polar surface area (TPSA) is 51.8 Å². The molecule has 3 heteroatoms. The molecule has 1 aromatic rings. The van der Waals surface area contributed by atoms with Gasteiger partial charge in [0.1, 0.15) is 5.82 Å². The van der Waals surface area contributed by atoms with E-state index in [2.05, 4.69) is 16.9 Å². The van der Waals surface area contributed by atoms with Crippen LogP contribution in [0.2, 0.25) is 0 Å². The third kappa shape index (κ3) is 1.70. The Kier molecular flexibility index (Phi) is 2.04. The van der Waals surface area contributed by atoms with Crippen molar-refractivity contribution in [2.45, 2.75) is 38.1 Å². The molecule has 70 valence electrons. The summed E-state index contributed by atoms with van der Waals surface area (Å²) in [6.45, 7) is 2.15. The molecule has 0 spiro atoms. The van der Waals surface area contributed by atoms with Gasteiger partial charge in [-0.2, -0.15) is 0 Å². The number of hydrogen-bond acceptors (Lipinski definition) is 3. The van der Waals surface area contributed by atoms with E-state index in [-0.39, 0.29) is 5.54 Å². The summed E-state index contributed by atoms with van der Waals surface area (Å²) >= 11 is 0. The fraction of sp³-hybridized carbons (Fsp3) is 0.600. The van der Waals surface area contributed by atoms with Crippen molar-refractivity contribution < 1.29 is 0 Å². The van der Waals surface area contributed by atoms with E-state index >= 15 is 0 Å². The van der Waals surface area contributed by atoms with Gasteiger partial charge in [-0.25, -0.2) is 9.97 Å². The summed E-state index contributed by atoms with van der Waals surface area (Å²) in [4.78, 5) is 8.68. The first-order valence-electron chi connectivity index (χ1n) is 4.86. The molecule has 3 nitrogen and oxygen atoms in total. The number of hydrogen-bond donors (Lipinski definition) is 1.